The highest BCUT2D eigenvalue weighted by Gasteiger charge is 2.16. The average molecular weight is 175 g/mol. The lowest BCUT2D eigenvalue weighted by atomic mass is 10.1. The summed E-state index contributed by atoms with van der Waals surface area (Å²) in [5.74, 6) is -0.220. The smallest absolute Gasteiger partial charge is 0.408 e. The lowest BCUT2D eigenvalue weighted by Crippen LogP contribution is -2.18. The first kappa shape index (κ1) is 6.95. The fourth-order valence-electron chi connectivity index (χ4n) is 2.03. The van der Waals surface area contributed by atoms with Gasteiger partial charge in [0.25, 0.3) is 0 Å². The molecule has 3 rings (SSSR count). The molecule has 0 saturated carbocycles. The van der Waals surface area contributed by atoms with Crippen molar-refractivity contribution in [2.24, 2.45) is 0 Å². The summed E-state index contributed by atoms with van der Waals surface area (Å²) in [4.78, 5) is 11.4. The molecule has 0 radical (unpaired) electrons. The van der Waals surface area contributed by atoms with Crippen LogP contribution in [0, 0.1) is 0 Å². The second-order valence-electron chi connectivity index (χ2n) is 3.39. The van der Waals surface area contributed by atoms with Crippen molar-refractivity contribution < 1.29 is 4.42 Å². The molecule has 2 heterocycles. The molecule has 66 valence electrons. The van der Waals surface area contributed by atoms with Gasteiger partial charge in [-0.2, -0.15) is 0 Å². The zero-order valence-electron chi connectivity index (χ0n) is 7.12. The highest BCUT2D eigenvalue weighted by atomic mass is 16.4. The second kappa shape index (κ2) is 2.25. The van der Waals surface area contributed by atoms with Crippen LogP contribution in [0.4, 0.5) is 0 Å². The number of aryl methyl sites for hydroxylation is 2. The van der Waals surface area contributed by atoms with E-state index in [2.05, 4.69) is 6.07 Å². The Morgan fingerprint density at radius 3 is 3.23 bits per heavy atom. The summed E-state index contributed by atoms with van der Waals surface area (Å²) < 4.78 is 6.85. The zero-order chi connectivity index (χ0) is 8.84. The van der Waals surface area contributed by atoms with E-state index in [1.807, 2.05) is 12.1 Å². The number of benzene rings is 1. The maximum atomic E-state index is 11.4. The number of oxazole rings is 1. The van der Waals surface area contributed by atoms with E-state index in [4.69, 9.17) is 4.42 Å². The van der Waals surface area contributed by atoms with E-state index in [1.54, 1.807) is 4.57 Å². The third kappa shape index (κ3) is 0.813. The number of hydrogen-bond donors (Lipinski definition) is 0. The fourth-order valence-corrected chi connectivity index (χ4v) is 2.03. The van der Waals surface area contributed by atoms with E-state index < -0.39 is 0 Å². The van der Waals surface area contributed by atoms with Crippen LogP contribution in [0.5, 0.6) is 0 Å². The molecule has 0 unspecified atom stereocenters. The van der Waals surface area contributed by atoms with Gasteiger partial charge in [-0.25, -0.2) is 4.79 Å². The largest absolute Gasteiger partial charge is 0.419 e. The van der Waals surface area contributed by atoms with Gasteiger partial charge in [-0.1, -0.05) is 12.1 Å². The van der Waals surface area contributed by atoms with Crippen molar-refractivity contribution in [3.05, 3.63) is 34.3 Å². The highest BCUT2D eigenvalue weighted by molar-refractivity contribution is 5.77. The first-order chi connectivity index (χ1) is 6.36. The summed E-state index contributed by atoms with van der Waals surface area (Å²) in [6.45, 7) is 0.794. The molecular weight excluding hydrogens is 166 g/mol. The summed E-state index contributed by atoms with van der Waals surface area (Å²) in [5, 5.41) is 0. The third-order valence-electron chi connectivity index (χ3n) is 2.60. The van der Waals surface area contributed by atoms with Gasteiger partial charge in [-0.15, -0.1) is 0 Å². The minimum Gasteiger partial charge on any atom is -0.408 e. The molecule has 0 amide bonds. The molecule has 0 N–H and O–H groups in total. The van der Waals surface area contributed by atoms with Gasteiger partial charge in [0.05, 0.1) is 5.52 Å². The SMILES string of the molecule is O=c1oc2cccc3c2n1CCC3. The first-order valence-corrected chi connectivity index (χ1v) is 4.47. The van der Waals surface area contributed by atoms with Crippen molar-refractivity contribution >= 4 is 11.1 Å². The molecule has 0 fully saturated rings. The Kier molecular flexibility index (Phi) is 1.20. The van der Waals surface area contributed by atoms with Crippen LogP contribution in [0.2, 0.25) is 0 Å². The normalized spacial score (nSPS) is 15.1. The van der Waals surface area contributed by atoms with Gasteiger partial charge in [-0.05, 0) is 24.5 Å². The maximum absolute atomic E-state index is 11.4. The summed E-state index contributed by atoms with van der Waals surface area (Å²) >= 11 is 0. The van der Waals surface area contributed by atoms with Crippen LogP contribution in [0.3, 0.4) is 0 Å². The Bertz CT molecular complexity index is 521. The molecule has 0 atom stereocenters. The van der Waals surface area contributed by atoms with Gasteiger partial charge in [0.2, 0.25) is 0 Å². The Balaban J connectivity index is 2.58. The predicted molar refractivity (Wildman–Crippen MR) is 48.8 cm³/mol. The van der Waals surface area contributed by atoms with Crippen molar-refractivity contribution in [3.63, 3.8) is 0 Å². The van der Waals surface area contributed by atoms with Gasteiger partial charge in [-0.3, -0.25) is 4.57 Å². The Labute approximate surface area is 74.6 Å². The molecule has 1 aromatic heterocycles. The maximum Gasteiger partial charge on any atom is 0.419 e. The molecule has 3 heteroatoms. The monoisotopic (exact) mass is 175 g/mol. The van der Waals surface area contributed by atoms with Crippen molar-refractivity contribution in [2.75, 3.05) is 0 Å². The quantitative estimate of drug-likeness (QED) is 0.608. The molecule has 2 aromatic rings. The minimum absolute atomic E-state index is 0.220. The second-order valence-corrected chi connectivity index (χ2v) is 3.39. The molecule has 1 aliphatic rings. The summed E-state index contributed by atoms with van der Waals surface area (Å²) in [6, 6.07) is 5.85. The molecule has 0 spiro atoms. The minimum atomic E-state index is -0.220. The molecular formula is C10H9NO2. The molecule has 1 aromatic carbocycles. The average Bonchev–Trinajstić information content (AvgIpc) is 2.47. The van der Waals surface area contributed by atoms with Crippen LogP contribution in [-0.2, 0) is 13.0 Å². The van der Waals surface area contributed by atoms with E-state index in [9.17, 15) is 4.79 Å². The zero-order valence-corrected chi connectivity index (χ0v) is 7.12. The van der Waals surface area contributed by atoms with Crippen LogP contribution in [-0.4, -0.2) is 4.57 Å². The van der Waals surface area contributed by atoms with Gasteiger partial charge < -0.3 is 4.42 Å². The standard InChI is InChI=1S/C10H9NO2/c12-10-11-6-2-4-7-3-1-5-8(13-10)9(7)11/h1,3,5H,2,4,6H2. The first-order valence-electron chi connectivity index (χ1n) is 4.47. The molecule has 0 aliphatic carbocycles. The van der Waals surface area contributed by atoms with E-state index in [0.717, 1.165) is 30.5 Å². The molecule has 0 saturated heterocycles. The molecule has 1 aliphatic heterocycles. The van der Waals surface area contributed by atoms with Crippen LogP contribution in [0.15, 0.2) is 27.4 Å². The van der Waals surface area contributed by atoms with Crippen molar-refractivity contribution in [2.45, 2.75) is 19.4 Å². The molecule has 3 nitrogen and oxygen atoms in total. The third-order valence-corrected chi connectivity index (χ3v) is 2.60. The Hall–Kier alpha value is -1.51. The number of hydrogen-bond acceptors (Lipinski definition) is 2. The lowest BCUT2D eigenvalue weighted by Gasteiger charge is -2.11. The van der Waals surface area contributed by atoms with E-state index >= 15 is 0 Å². The summed E-state index contributed by atoms with van der Waals surface area (Å²) in [6.07, 6.45) is 2.09. The van der Waals surface area contributed by atoms with Crippen molar-refractivity contribution in [1.29, 1.82) is 0 Å². The molecule has 13 heavy (non-hydrogen) atoms. The Morgan fingerprint density at radius 2 is 2.31 bits per heavy atom. The topological polar surface area (TPSA) is 35.1 Å². The van der Waals surface area contributed by atoms with E-state index in [-0.39, 0.29) is 5.76 Å². The molecule has 0 bridgehead atoms. The van der Waals surface area contributed by atoms with Gasteiger partial charge in [0.15, 0.2) is 5.58 Å². The number of para-hydroxylation sites is 1. The highest BCUT2D eigenvalue weighted by Crippen LogP contribution is 2.23. The fraction of sp³-hybridized carbons (Fsp3) is 0.300. The Morgan fingerprint density at radius 1 is 1.38 bits per heavy atom. The van der Waals surface area contributed by atoms with Crippen LogP contribution in [0.1, 0.15) is 12.0 Å². The summed E-state index contributed by atoms with van der Waals surface area (Å²) in [5.41, 5.74) is 2.95. The van der Waals surface area contributed by atoms with E-state index in [0.29, 0.717) is 0 Å². The van der Waals surface area contributed by atoms with Crippen molar-refractivity contribution in [1.82, 2.24) is 4.57 Å². The predicted octanol–water partition coefficient (Wildman–Crippen LogP) is 1.54. The number of nitrogens with zero attached hydrogens (tertiary/aromatic N) is 1. The summed E-state index contributed by atoms with van der Waals surface area (Å²) in [7, 11) is 0. The van der Waals surface area contributed by atoms with Crippen LogP contribution in [0.25, 0.3) is 11.1 Å². The van der Waals surface area contributed by atoms with Crippen LogP contribution < -0.4 is 5.76 Å². The van der Waals surface area contributed by atoms with Gasteiger partial charge in [0, 0.05) is 6.54 Å². The van der Waals surface area contributed by atoms with Crippen LogP contribution >= 0.6 is 0 Å². The van der Waals surface area contributed by atoms with Gasteiger partial charge in [0.1, 0.15) is 0 Å². The lowest BCUT2D eigenvalue weighted by molar-refractivity contribution is 0.494. The van der Waals surface area contributed by atoms with E-state index in [1.165, 1.54) is 5.56 Å². The number of rotatable bonds is 0. The van der Waals surface area contributed by atoms with Crippen molar-refractivity contribution in [3.8, 4) is 0 Å². The number of aromatic nitrogens is 1. The van der Waals surface area contributed by atoms with Gasteiger partial charge >= 0.3 is 5.76 Å².